The molecule has 0 fully saturated rings. The van der Waals surface area contributed by atoms with E-state index in [9.17, 15) is 4.79 Å². The molecular formula is C31H30BrClN4O4S. The molecular weight excluding hydrogens is 640 g/mol. The summed E-state index contributed by atoms with van der Waals surface area (Å²) < 4.78 is 20.1. The molecule has 1 atom stereocenters. The number of aromatic nitrogens is 3. The average Bonchev–Trinajstić information content (AvgIpc) is 3.38. The van der Waals surface area contributed by atoms with E-state index in [1.165, 1.54) is 11.8 Å². The van der Waals surface area contributed by atoms with Crippen LogP contribution in [0.1, 0.15) is 43.5 Å². The van der Waals surface area contributed by atoms with Gasteiger partial charge in [0, 0.05) is 16.5 Å². The van der Waals surface area contributed by atoms with Crippen molar-refractivity contribution in [3.63, 3.8) is 0 Å². The molecule has 0 saturated carbocycles. The molecule has 1 aromatic heterocycles. The third-order valence-corrected chi connectivity index (χ3v) is 8.36. The molecule has 11 heteroatoms. The number of hydrogen-bond donors (Lipinski definition) is 1. The summed E-state index contributed by atoms with van der Waals surface area (Å²) in [5, 5.41) is 9.30. The number of hydrogen-bond acceptors (Lipinski definition) is 8. The summed E-state index contributed by atoms with van der Waals surface area (Å²) in [6.45, 7) is 6.58. The van der Waals surface area contributed by atoms with Gasteiger partial charge in [-0.05, 0) is 71.6 Å². The first-order valence-electron chi connectivity index (χ1n) is 13.5. The zero-order chi connectivity index (χ0) is 29.6. The summed E-state index contributed by atoms with van der Waals surface area (Å²) in [5.74, 6) is 1.81. The van der Waals surface area contributed by atoms with Crippen molar-refractivity contribution in [3.05, 3.63) is 104 Å². The second-order valence-electron chi connectivity index (χ2n) is 9.37. The fraction of sp³-hybridized carbons (Fsp3) is 0.258. The molecule has 218 valence electrons. The Morgan fingerprint density at radius 1 is 1.07 bits per heavy atom. The van der Waals surface area contributed by atoms with Gasteiger partial charge >= 0.3 is 5.97 Å². The molecule has 0 aliphatic carbocycles. The van der Waals surface area contributed by atoms with Gasteiger partial charge in [-0.15, -0.1) is 5.10 Å². The molecule has 1 aliphatic heterocycles. The highest BCUT2D eigenvalue weighted by Crippen LogP contribution is 2.44. The van der Waals surface area contributed by atoms with E-state index in [0.29, 0.717) is 62.3 Å². The summed E-state index contributed by atoms with van der Waals surface area (Å²) in [6, 6.07) is 20.8. The number of halogens is 2. The van der Waals surface area contributed by atoms with Crippen molar-refractivity contribution in [3.8, 4) is 11.5 Å². The summed E-state index contributed by atoms with van der Waals surface area (Å²) in [6.07, 6.45) is 0. The first-order valence-corrected chi connectivity index (χ1v) is 15.7. The van der Waals surface area contributed by atoms with E-state index in [-0.39, 0.29) is 6.61 Å². The number of fused-ring (bicyclic) bond motifs is 1. The monoisotopic (exact) mass is 668 g/mol. The molecule has 8 nitrogen and oxygen atoms in total. The molecule has 4 aromatic rings. The van der Waals surface area contributed by atoms with Crippen molar-refractivity contribution in [1.29, 1.82) is 0 Å². The number of thioether (sulfide) groups is 1. The summed E-state index contributed by atoms with van der Waals surface area (Å²) in [7, 11) is 0. The second-order valence-corrected chi connectivity index (χ2v) is 11.6. The predicted molar refractivity (Wildman–Crippen MR) is 168 cm³/mol. The fourth-order valence-corrected chi connectivity index (χ4v) is 6.30. The molecule has 1 unspecified atom stereocenters. The topological polar surface area (TPSA) is 87.5 Å². The molecule has 0 spiro atoms. The van der Waals surface area contributed by atoms with Gasteiger partial charge in [0.2, 0.25) is 11.1 Å². The quantitative estimate of drug-likeness (QED) is 0.128. The van der Waals surface area contributed by atoms with Crippen LogP contribution in [0.25, 0.3) is 0 Å². The van der Waals surface area contributed by atoms with Gasteiger partial charge in [0.15, 0.2) is 11.5 Å². The maximum Gasteiger partial charge on any atom is 0.338 e. The summed E-state index contributed by atoms with van der Waals surface area (Å²) in [5.41, 5.74) is 3.85. The molecule has 0 radical (unpaired) electrons. The van der Waals surface area contributed by atoms with Crippen LogP contribution in [0.3, 0.4) is 0 Å². The molecule has 42 heavy (non-hydrogen) atoms. The van der Waals surface area contributed by atoms with E-state index in [2.05, 4.69) is 21.2 Å². The van der Waals surface area contributed by atoms with Gasteiger partial charge in [0.1, 0.15) is 12.6 Å². The van der Waals surface area contributed by atoms with Crippen LogP contribution in [0.2, 0.25) is 5.02 Å². The lowest BCUT2D eigenvalue weighted by Crippen LogP contribution is -2.29. The Labute approximate surface area is 262 Å². The Morgan fingerprint density at radius 3 is 2.57 bits per heavy atom. The van der Waals surface area contributed by atoms with Crippen LogP contribution in [0.4, 0.5) is 5.95 Å². The van der Waals surface area contributed by atoms with E-state index in [4.69, 9.17) is 35.9 Å². The lowest BCUT2D eigenvalue weighted by Gasteiger charge is -2.28. The zero-order valence-corrected chi connectivity index (χ0v) is 26.6. The third-order valence-electron chi connectivity index (χ3n) is 6.52. The third kappa shape index (κ3) is 6.61. The number of benzene rings is 3. The van der Waals surface area contributed by atoms with Crippen molar-refractivity contribution in [1.82, 2.24) is 14.8 Å². The van der Waals surface area contributed by atoms with Gasteiger partial charge in [-0.2, -0.15) is 4.98 Å². The Hall–Kier alpha value is -3.47. The number of rotatable bonds is 11. The minimum absolute atomic E-state index is 0.242. The Bertz CT molecular complexity index is 1610. The second kappa shape index (κ2) is 13.7. The Balaban J connectivity index is 1.53. The molecule has 0 bridgehead atoms. The number of carbonyl (C=O) groups is 1. The van der Waals surface area contributed by atoms with Gasteiger partial charge in [0.05, 0.1) is 23.3 Å². The number of esters is 1. The van der Waals surface area contributed by atoms with E-state index in [1.54, 1.807) is 11.6 Å². The van der Waals surface area contributed by atoms with Crippen molar-refractivity contribution in [2.75, 3.05) is 18.5 Å². The number of allylic oxidation sites excluding steroid dienone is 1. The van der Waals surface area contributed by atoms with E-state index >= 15 is 0 Å². The van der Waals surface area contributed by atoms with Crippen LogP contribution < -0.4 is 14.8 Å². The van der Waals surface area contributed by atoms with Crippen LogP contribution in [-0.2, 0) is 21.9 Å². The fourth-order valence-electron chi connectivity index (χ4n) is 4.61. The van der Waals surface area contributed by atoms with Crippen LogP contribution in [0.5, 0.6) is 11.5 Å². The lowest BCUT2D eigenvalue weighted by atomic mass is 9.95. The van der Waals surface area contributed by atoms with Gasteiger partial charge in [0.25, 0.3) is 0 Å². The van der Waals surface area contributed by atoms with Gasteiger partial charge in [-0.3, -0.25) is 0 Å². The minimum Gasteiger partial charge on any atom is -0.490 e. The van der Waals surface area contributed by atoms with Crippen LogP contribution in [0, 0.1) is 0 Å². The maximum atomic E-state index is 13.3. The Kier molecular flexibility index (Phi) is 9.76. The molecule has 3 aromatic carbocycles. The van der Waals surface area contributed by atoms with E-state index < -0.39 is 12.0 Å². The molecule has 1 aliphatic rings. The van der Waals surface area contributed by atoms with E-state index in [0.717, 1.165) is 16.7 Å². The van der Waals surface area contributed by atoms with Crippen molar-refractivity contribution in [2.45, 2.75) is 44.3 Å². The number of anilines is 1. The van der Waals surface area contributed by atoms with Gasteiger partial charge < -0.3 is 19.5 Å². The van der Waals surface area contributed by atoms with Gasteiger partial charge in [-0.25, -0.2) is 9.48 Å². The molecule has 2 heterocycles. The smallest absolute Gasteiger partial charge is 0.338 e. The van der Waals surface area contributed by atoms with Crippen molar-refractivity contribution in [2.24, 2.45) is 0 Å². The largest absolute Gasteiger partial charge is 0.490 e. The SMILES string of the molecule is CCOC(=O)C1=C(C)Nc2nc(SCc3ccccc3Cl)nn2C1c1cc(Br)c(OCc2ccccc2)c(OCC)c1. The van der Waals surface area contributed by atoms with Crippen LogP contribution in [-0.4, -0.2) is 33.9 Å². The average molecular weight is 670 g/mol. The zero-order valence-electron chi connectivity index (χ0n) is 23.4. The number of nitrogens with zero attached hydrogens (tertiary/aromatic N) is 3. The van der Waals surface area contributed by atoms with Gasteiger partial charge in [-0.1, -0.05) is 71.9 Å². The molecule has 0 saturated heterocycles. The number of carbonyl (C=O) groups excluding carboxylic acids is 1. The lowest BCUT2D eigenvalue weighted by molar-refractivity contribution is -0.139. The summed E-state index contributed by atoms with van der Waals surface area (Å²) in [4.78, 5) is 18.0. The first kappa shape index (κ1) is 30.0. The highest BCUT2D eigenvalue weighted by molar-refractivity contribution is 9.10. The Morgan fingerprint density at radius 2 is 1.83 bits per heavy atom. The highest BCUT2D eigenvalue weighted by atomic mass is 79.9. The molecule has 1 N–H and O–H groups in total. The van der Waals surface area contributed by atoms with Crippen molar-refractivity contribution >= 4 is 51.2 Å². The first-order chi connectivity index (χ1) is 20.4. The van der Waals surface area contributed by atoms with Crippen LogP contribution in [0.15, 0.2) is 87.6 Å². The minimum atomic E-state index is -0.624. The standard InChI is InChI=1S/C31H30BrClN4O4S/c1-4-39-25-16-22(15-23(32)28(25)41-17-20-11-7-6-8-12-20)27-26(29(38)40-5-2)19(3)34-30-35-31(36-37(27)30)42-18-21-13-9-10-14-24(21)33/h6-16,27H,4-5,17-18H2,1-3H3,(H,34,35,36). The predicted octanol–water partition coefficient (Wildman–Crippen LogP) is 7.82. The normalized spacial score (nSPS) is 14.3. The van der Waals surface area contributed by atoms with E-state index in [1.807, 2.05) is 80.6 Å². The number of ether oxygens (including phenoxy) is 3. The highest BCUT2D eigenvalue weighted by Gasteiger charge is 2.36. The summed E-state index contributed by atoms with van der Waals surface area (Å²) >= 11 is 11.5. The van der Waals surface area contributed by atoms with Crippen LogP contribution >= 0.6 is 39.3 Å². The van der Waals surface area contributed by atoms with Crippen molar-refractivity contribution < 1.29 is 19.0 Å². The molecule has 0 amide bonds. The number of nitrogens with one attached hydrogen (secondary N) is 1. The maximum absolute atomic E-state index is 13.3. The molecule has 5 rings (SSSR count).